The Morgan fingerprint density at radius 2 is 1.74 bits per heavy atom. The topological polar surface area (TPSA) is 79.5 Å². The molecule has 142 valence electrons. The smallest absolute Gasteiger partial charge is 0.269 e. The number of ether oxygens (including phenoxy) is 1. The number of carbonyl (C=O) groups is 2. The lowest BCUT2D eigenvalue weighted by molar-refractivity contribution is 0.0933. The van der Waals surface area contributed by atoms with E-state index in [0.717, 1.165) is 12.8 Å². The molecule has 0 unspecified atom stereocenters. The van der Waals surface area contributed by atoms with Crippen molar-refractivity contribution in [3.05, 3.63) is 64.7 Å². The third-order valence-corrected chi connectivity index (χ3v) is 3.97. The van der Waals surface area contributed by atoms with Crippen molar-refractivity contribution in [2.75, 3.05) is 6.61 Å². The summed E-state index contributed by atoms with van der Waals surface area (Å²) >= 11 is 10.8. The molecule has 0 aliphatic heterocycles. The second-order valence-electron chi connectivity index (χ2n) is 5.57. The van der Waals surface area contributed by atoms with Crippen LogP contribution in [0.25, 0.3) is 0 Å². The monoisotopic (exact) mass is 405 g/mol. The van der Waals surface area contributed by atoms with E-state index in [1.54, 1.807) is 48.5 Å². The minimum atomic E-state index is -0.430. The lowest BCUT2D eigenvalue weighted by atomic mass is 10.2. The molecule has 0 bridgehead atoms. The van der Waals surface area contributed by atoms with Crippen LogP contribution in [0.5, 0.6) is 5.75 Å². The number of carbonyl (C=O) groups excluding carboxylic acids is 2. The van der Waals surface area contributed by atoms with Gasteiger partial charge in [0.25, 0.3) is 11.8 Å². The maximum atomic E-state index is 12.4. The fourth-order valence-electron chi connectivity index (χ4n) is 2.10. The molecule has 0 saturated heterocycles. The number of hydrazine groups is 1. The lowest BCUT2D eigenvalue weighted by Gasteiger charge is -2.13. The number of rotatable bonds is 6. The number of halogens is 1. The summed E-state index contributed by atoms with van der Waals surface area (Å²) < 4.78 is 5.64. The summed E-state index contributed by atoms with van der Waals surface area (Å²) in [4.78, 5) is 24.4. The highest BCUT2D eigenvalue weighted by atomic mass is 35.5. The van der Waals surface area contributed by atoms with Gasteiger partial charge in [-0.25, -0.2) is 0 Å². The fourth-order valence-corrected chi connectivity index (χ4v) is 2.36. The molecule has 0 atom stereocenters. The van der Waals surface area contributed by atoms with Crippen LogP contribution in [0.15, 0.2) is 48.5 Å². The Kier molecular flexibility index (Phi) is 8.03. The summed E-state index contributed by atoms with van der Waals surface area (Å²) in [6, 6.07) is 13.3. The molecule has 0 radical (unpaired) electrons. The van der Waals surface area contributed by atoms with E-state index in [1.807, 2.05) is 0 Å². The van der Waals surface area contributed by atoms with Crippen molar-refractivity contribution < 1.29 is 14.3 Å². The number of para-hydroxylation sites is 1. The normalized spacial score (nSPS) is 10.0. The van der Waals surface area contributed by atoms with Gasteiger partial charge in [0.1, 0.15) is 5.75 Å². The van der Waals surface area contributed by atoms with Crippen LogP contribution in [0.1, 0.15) is 40.5 Å². The molecule has 0 heterocycles. The quantitative estimate of drug-likeness (QED) is 0.389. The van der Waals surface area contributed by atoms with Gasteiger partial charge in [-0.15, -0.1) is 0 Å². The van der Waals surface area contributed by atoms with Crippen LogP contribution >= 0.6 is 23.8 Å². The Bertz CT molecular complexity index is 812. The zero-order valence-corrected chi connectivity index (χ0v) is 16.3. The maximum absolute atomic E-state index is 12.4. The van der Waals surface area contributed by atoms with E-state index in [-0.39, 0.29) is 5.11 Å². The van der Waals surface area contributed by atoms with Gasteiger partial charge in [0.2, 0.25) is 0 Å². The van der Waals surface area contributed by atoms with Gasteiger partial charge >= 0.3 is 0 Å². The maximum Gasteiger partial charge on any atom is 0.269 e. The van der Waals surface area contributed by atoms with E-state index >= 15 is 0 Å². The summed E-state index contributed by atoms with van der Waals surface area (Å²) in [6.07, 6.45) is 1.89. The Morgan fingerprint density at radius 1 is 1.04 bits per heavy atom. The third-order valence-electron chi connectivity index (χ3n) is 3.51. The van der Waals surface area contributed by atoms with Crippen molar-refractivity contribution in [1.29, 1.82) is 0 Å². The summed E-state index contributed by atoms with van der Waals surface area (Å²) in [5.41, 5.74) is 5.67. The largest absolute Gasteiger partial charge is 0.493 e. The van der Waals surface area contributed by atoms with E-state index < -0.39 is 11.8 Å². The SMILES string of the molecule is CCCCOc1ccccc1C(=O)NC(=S)NNC(=O)c1ccc(Cl)cc1. The molecular weight excluding hydrogens is 386 g/mol. The van der Waals surface area contributed by atoms with Crippen LogP contribution in [-0.2, 0) is 0 Å². The number of nitrogens with one attached hydrogen (secondary N) is 3. The second kappa shape index (κ2) is 10.5. The first-order valence-corrected chi connectivity index (χ1v) is 9.19. The second-order valence-corrected chi connectivity index (χ2v) is 6.41. The molecule has 0 fully saturated rings. The molecule has 8 heteroatoms. The number of hydrogen-bond donors (Lipinski definition) is 3. The van der Waals surface area contributed by atoms with E-state index in [9.17, 15) is 9.59 Å². The molecule has 0 aliphatic rings. The Morgan fingerprint density at radius 3 is 2.44 bits per heavy atom. The molecule has 2 amide bonds. The average Bonchev–Trinajstić information content (AvgIpc) is 2.67. The van der Waals surface area contributed by atoms with Crippen molar-refractivity contribution in [1.82, 2.24) is 16.2 Å². The minimum Gasteiger partial charge on any atom is -0.493 e. The Hall–Kier alpha value is -2.64. The summed E-state index contributed by atoms with van der Waals surface area (Å²) in [5.74, 6) is -0.358. The van der Waals surface area contributed by atoms with Crippen molar-refractivity contribution >= 4 is 40.7 Å². The van der Waals surface area contributed by atoms with Gasteiger partial charge in [-0.2, -0.15) is 0 Å². The summed E-state index contributed by atoms with van der Waals surface area (Å²) in [7, 11) is 0. The van der Waals surface area contributed by atoms with Gasteiger partial charge in [-0.1, -0.05) is 37.1 Å². The molecule has 2 aromatic carbocycles. The molecule has 27 heavy (non-hydrogen) atoms. The van der Waals surface area contributed by atoms with Crippen LogP contribution in [0.3, 0.4) is 0 Å². The summed E-state index contributed by atoms with van der Waals surface area (Å²) in [5, 5.41) is 3.00. The highest BCUT2D eigenvalue weighted by Gasteiger charge is 2.14. The predicted octanol–water partition coefficient (Wildman–Crippen LogP) is 3.47. The fraction of sp³-hybridized carbons (Fsp3) is 0.211. The van der Waals surface area contributed by atoms with Crippen molar-refractivity contribution in [3.8, 4) is 5.75 Å². The highest BCUT2D eigenvalue weighted by molar-refractivity contribution is 7.80. The zero-order valence-electron chi connectivity index (χ0n) is 14.8. The minimum absolute atomic E-state index is 0.0364. The Balaban J connectivity index is 1.89. The van der Waals surface area contributed by atoms with Crippen LogP contribution < -0.4 is 20.9 Å². The first-order valence-electron chi connectivity index (χ1n) is 8.40. The molecule has 0 saturated carbocycles. The van der Waals surface area contributed by atoms with Crippen molar-refractivity contribution in [3.63, 3.8) is 0 Å². The molecule has 2 rings (SSSR count). The van der Waals surface area contributed by atoms with E-state index in [4.69, 9.17) is 28.6 Å². The highest BCUT2D eigenvalue weighted by Crippen LogP contribution is 2.18. The predicted molar refractivity (Wildman–Crippen MR) is 109 cm³/mol. The molecule has 0 aliphatic carbocycles. The first kappa shape index (κ1) is 20.7. The lowest BCUT2D eigenvalue weighted by Crippen LogP contribution is -2.48. The van der Waals surface area contributed by atoms with Crippen molar-refractivity contribution in [2.45, 2.75) is 19.8 Å². The van der Waals surface area contributed by atoms with Gasteiger partial charge < -0.3 is 4.74 Å². The van der Waals surface area contributed by atoms with Gasteiger partial charge in [-0.05, 0) is 55.0 Å². The zero-order chi connectivity index (χ0) is 19.6. The van der Waals surface area contributed by atoms with Crippen LogP contribution in [0.2, 0.25) is 5.02 Å². The molecule has 0 spiro atoms. The van der Waals surface area contributed by atoms with Gasteiger partial charge in [0.15, 0.2) is 5.11 Å². The van der Waals surface area contributed by atoms with E-state index in [0.29, 0.717) is 28.5 Å². The third kappa shape index (κ3) is 6.54. The standard InChI is InChI=1S/C19H20ClN3O3S/c1-2-3-12-26-16-7-5-4-6-15(16)18(25)21-19(27)23-22-17(24)13-8-10-14(20)11-9-13/h4-11H,2-3,12H2,1H3,(H,22,24)(H2,21,23,25,27). The summed E-state index contributed by atoms with van der Waals surface area (Å²) in [6.45, 7) is 2.59. The van der Waals surface area contributed by atoms with Crippen LogP contribution in [0, 0.1) is 0 Å². The van der Waals surface area contributed by atoms with E-state index in [2.05, 4.69) is 23.1 Å². The first-order chi connectivity index (χ1) is 13.0. The average molecular weight is 406 g/mol. The molecule has 2 aromatic rings. The van der Waals surface area contributed by atoms with Gasteiger partial charge in [0, 0.05) is 10.6 Å². The van der Waals surface area contributed by atoms with Crippen LogP contribution in [0.4, 0.5) is 0 Å². The number of unbranched alkanes of at least 4 members (excludes halogenated alkanes) is 1. The van der Waals surface area contributed by atoms with Crippen molar-refractivity contribution in [2.24, 2.45) is 0 Å². The molecule has 3 N–H and O–H groups in total. The molecule has 0 aromatic heterocycles. The van der Waals surface area contributed by atoms with Gasteiger partial charge in [0.05, 0.1) is 12.2 Å². The van der Waals surface area contributed by atoms with E-state index in [1.165, 1.54) is 0 Å². The van der Waals surface area contributed by atoms with Crippen LogP contribution in [-0.4, -0.2) is 23.5 Å². The number of thiocarbonyl (C=S) groups is 1. The number of benzene rings is 2. The Labute approximate surface area is 168 Å². The van der Waals surface area contributed by atoms with Gasteiger partial charge in [-0.3, -0.25) is 25.8 Å². The number of hydrogen-bond acceptors (Lipinski definition) is 4. The molecule has 6 nitrogen and oxygen atoms in total. The number of amides is 2. The molecular formula is C19H20ClN3O3S.